The van der Waals surface area contributed by atoms with Crippen molar-refractivity contribution in [1.82, 2.24) is 5.32 Å². The molecule has 1 heteroatoms. The molecule has 0 aliphatic carbocycles. The quantitative estimate of drug-likeness (QED) is 0.799. The van der Waals surface area contributed by atoms with Gasteiger partial charge in [0.05, 0.1) is 0 Å². The molecule has 0 aliphatic heterocycles. The van der Waals surface area contributed by atoms with E-state index in [1.807, 2.05) is 0 Å². The van der Waals surface area contributed by atoms with Gasteiger partial charge in [-0.3, -0.25) is 0 Å². The van der Waals surface area contributed by atoms with Crippen molar-refractivity contribution in [2.24, 2.45) is 5.92 Å². The van der Waals surface area contributed by atoms with Crippen LogP contribution in [0.25, 0.3) is 0 Å². The lowest BCUT2D eigenvalue weighted by atomic mass is 9.82. The Kier molecular flexibility index (Phi) is 4.55. The molecule has 1 aromatic rings. The largest absolute Gasteiger partial charge is 0.316 e. The van der Waals surface area contributed by atoms with Crippen LogP contribution in [0.3, 0.4) is 0 Å². The van der Waals surface area contributed by atoms with E-state index in [4.69, 9.17) is 0 Å². The van der Waals surface area contributed by atoms with Gasteiger partial charge in [0.25, 0.3) is 0 Å². The molecule has 1 aromatic carbocycles. The zero-order valence-electron chi connectivity index (χ0n) is 11.3. The number of aryl methyl sites for hydroxylation is 1. The van der Waals surface area contributed by atoms with Crippen LogP contribution in [-0.2, 0) is 5.41 Å². The summed E-state index contributed by atoms with van der Waals surface area (Å²) in [4.78, 5) is 0. The summed E-state index contributed by atoms with van der Waals surface area (Å²) in [7, 11) is 0. The van der Waals surface area contributed by atoms with Crippen molar-refractivity contribution in [3.63, 3.8) is 0 Å². The lowest BCUT2D eigenvalue weighted by Gasteiger charge is -2.28. The molecule has 0 unspecified atom stereocenters. The lowest BCUT2D eigenvalue weighted by Crippen LogP contribution is -2.35. The van der Waals surface area contributed by atoms with Crippen molar-refractivity contribution in [3.05, 3.63) is 35.4 Å². The molecule has 0 fully saturated rings. The monoisotopic (exact) mass is 219 g/mol. The van der Waals surface area contributed by atoms with Crippen LogP contribution in [0.1, 0.15) is 38.8 Å². The molecule has 90 valence electrons. The maximum absolute atomic E-state index is 3.55. The molecule has 1 rings (SSSR count). The molecule has 0 aliphatic rings. The highest BCUT2D eigenvalue weighted by atomic mass is 14.9. The predicted molar refractivity (Wildman–Crippen MR) is 71.9 cm³/mol. The van der Waals surface area contributed by atoms with Gasteiger partial charge in [0.15, 0.2) is 0 Å². The van der Waals surface area contributed by atoms with Crippen LogP contribution in [0.5, 0.6) is 0 Å². The minimum Gasteiger partial charge on any atom is -0.316 e. The molecule has 0 atom stereocenters. The van der Waals surface area contributed by atoms with Gasteiger partial charge in [-0.2, -0.15) is 0 Å². The smallest absolute Gasteiger partial charge is 0.00433 e. The highest BCUT2D eigenvalue weighted by Gasteiger charge is 2.21. The predicted octanol–water partition coefficient (Wildman–Crippen LogP) is 3.52. The molecule has 0 spiro atoms. The van der Waals surface area contributed by atoms with Crippen molar-refractivity contribution in [3.8, 4) is 0 Å². The van der Waals surface area contributed by atoms with E-state index < -0.39 is 0 Å². The van der Waals surface area contributed by atoms with E-state index in [1.165, 1.54) is 11.1 Å². The summed E-state index contributed by atoms with van der Waals surface area (Å²) in [6.45, 7) is 13.4. The SMILES string of the molecule is Cc1ccccc1C(C)(C)CNCC(C)C. The Morgan fingerprint density at radius 3 is 2.38 bits per heavy atom. The second kappa shape index (κ2) is 5.49. The summed E-state index contributed by atoms with van der Waals surface area (Å²) in [5.41, 5.74) is 3.05. The van der Waals surface area contributed by atoms with Gasteiger partial charge < -0.3 is 5.32 Å². The molecule has 0 saturated carbocycles. The normalized spacial score (nSPS) is 12.1. The standard InChI is InChI=1S/C15H25N/c1-12(2)10-16-11-15(4,5)14-9-7-6-8-13(14)3/h6-9,12,16H,10-11H2,1-5H3. The summed E-state index contributed by atoms with van der Waals surface area (Å²) in [6, 6.07) is 8.68. The third-order valence-corrected chi connectivity index (χ3v) is 2.99. The van der Waals surface area contributed by atoms with Crippen LogP contribution in [0.4, 0.5) is 0 Å². The molecule has 0 bridgehead atoms. The van der Waals surface area contributed by atoms with E-state index in [0.717, 1.165) is 13.1 Å². The maximum Gasteiger partial charge on any atom is 0.00433 e. The van der Waals surface area contributed by atoms with Crippen LogP contribution in [0, 0.1) is 12.8 Å². The van der Waals surface area contributed by atoms with Gasteiger partial charge in [-0.15, -0.1) is 0 Å². The van der Waals surface area contributed by atoms with Gasteiger partial charge >= 0.3 is 0 Å². The first-order valence-corrected chi connectivity index (χ1v) is 6.20. The maximum atomic E-state index is 3.55. The van der Waals surface area contributed by atoms with E-state index in [0.29, 0.717) is 5.92 Å². The topological polar surface area (TPSA) is 12.0 Å². The van der Waals surface area contributed by atoms with Crippen LogP contribution in [0.2, 0.25) is 0 Å². The Bertz CT molecular complexity index is 326. The number of benzene rings is 1. The van der Waals surface area contributed by atoms with E-state index in [-0.39, 0.29) is 5.41 Å². The van der Waals surface area contributed by atoms with Crippen molar-refractivity contribution in [2.45, 2.75) is 40.0 Å². The Labute approximate surface area is 100 Å². The highest BCUT2D eigenvalue weighted by molar-refractivity contribution is 5.32. The summed E-state index contributed by atoms with van der Waals surface area (Å²) in [6.07, 6.45) is 0. The number of rotatable bonds is 5. The van der Waals surface area contributed by atoms with Crippen LogP contribution < -0.4 is 5.32 Å². The molecule has 0 heterocycles. The van der Waals surface area contributed by atoms with Gasteiger partial charge in [0.1, 0.15) is 0 Å². The van der Waals surface area contributed by atoms with Crippen molar-refractivity contribution in [1.29, 1.82) is 0 Å². The molecule has 0 amide bonds. The second-order valence-corrected chi connectivity index (χ2v) is 5.72. The van der Waals surface area contributed by atoms with Crippen LogP contribution in [-0.4, -0.2) is 13.1 Å². The molecular weight excluding hydrogens is 194 g/mol. The third-order valence-electron chi connectivity index (χ3n) is 2.99. The minimum absolute atomic E-state index is 0.209. The molecule has 0 aromatic heterocycles. The van der Waals surface area contributed by atoms with Gasteiger partial charge in [0.2, 0.25) is 0 Å². The summed E-state index contributed by atoms with van der Waals surface area (Å²) >= 11 is 0. The van der Waals surface area contributed by atoms with E-state index in [2.05, 4.69) is 64.2 Å². The Balaban J connectivity index is 2.66. The first-order valence-electron chi connectivity index (χ1n) is 6.20. The third kappa shape index (κ3) is 3.64. The van der Waals surface area contributed by atoms with Crippen LogP contribution >= 0.6 is 0 Å². The summed E-state index contributed by atoms with van der Waals surface area (Å²) in [5.74, 6) is 0.715. The minimum atomic E-state index is 0.209. The zero-order valence-corrected chi connectivity index (χ0v) is 11.3. The van der Waals surface area contributed by atoms with Gasteiger partial charge in [0, 0.05) is 12.0 Å². The molecule has 0 saturated heterocycles. The average molecular weight is 219 g/mol. The molecule has 1 nitrogen and oxygen atoms in total. The van der Waals surface area contributed by atoms with Gasteiger partial charge in [-0.1, -0.05) is 52.0 Å². The summed E-state index contributed by atoms with van der Waals surface area (Å²) < 4.78 is 0. The highest BCUT2D eigenvalue weighted by Crippen LogP contribution is 2.25. The molecule has 16 heavy (non-hydrogen) atoms. The molecule has 0 radical (unpaired) electrons. The fourth-order valence-corrected chi connectivity index (χ4v) is 2.10. The van der Waals surface area contributed by atoms with Crippen molar-refractivity contribution in [2.75, 3.05) is 13.1 Å². The Morgan fingerprint density at radius 2 is 1.81 bits per heavy atom. The van der Waals surface area contributed by atoms with Crippen LogP contribution in [0.15, 0.2) is 24.3 Å². The van der Waals surface area contributed by atoms with E-state index in [1.54, 1.807) is 0 Å². The molecule has 1 N–H and O–H groups in total. The van der Waals surface area contributed by atoms with Gasteiger partial charge in [-0.05, 0) is 30.5 Å². The first-order chi connectivity index (χ1) is 7.43. The number of nitrogens with one attached hydrogen (secondary N) is 1. The van der Waals surface area contributed by atoms with E-state index in [9.17, 15) is 0 Å². The molecular formula is C15H25N. The zero-order chi connectivity index (χ0) is 12.2. The van der Waals surface area contributed by atoms with Crippen molar-refractivity contribution >= 4 is 0 Å². The Morgan fingerprint density at radius 1 is 1.19 bits per heavy atom. The Hall–Kier alpha value is -0.820. The fraction of sp³-hybridized carbons (Fsp3) is 0.600. The van der Waals surface area contributed by atoms with Crippen molar-refractivity contribution < 1.29 is 0 Å². The number of hydrogen-bond acceptors (Lipinski definition) is 1. The van der Waals surface area contributed by atoms with Gasteiger partial charge in [-0.25, -0.2) is 0 Å². The van der Waals surface area contributed by atoms with E-state index >= 15 is 0 Å². The fourth-order valence-electron chi connectivity index (χ4n) is 2.10. The lowest BCUT2D eigenvalue weighted by molar-refractivity contribution is 0.441. The summed E-state index contributed by atoms with van der Waals surface area (Å²) in [5, 5.41) is 3.55. The average Bonchev–Trinajstić information content (AvgIpc) is 2.17. The first kappa shape index (κ1) is 13.2. The number of hydrogen-bond donors (Lipinski definition) is 1. The second-order valence-electron chi connectivity index (χ2n) is 5.72.